The minimum Gasteiger partial charge on any atom is -0.207 e. The number of allylic oxidation sites excluding steroid dienone is 4. The van der Waals surface area contributed by atoms with E-state index >= 15 is 0 Å². The van der Waals surface area contributed by atoms with Crippen LogP contribution in [0.5, 0.6) is 0 Å². The second kappa shape index (κ2) is 5.41. The van der Waals surface area contributed by atoms with E-state index in [0.29, 0.717) is 5.88 Å². The molecule has 0 aromatic heterocycles. The van der Waals surface area contributed by atoms with Crippen molar-refractivity contribution in [1.29, 1.82) is 0 Å². The third-order valence-electron chi connectivity index (χ3n) is 0.968. The number of hydrogen-bond donors (Lipinski definition) is 0. The molecule has 0 N–H and O–H groups in total. The Hall–Kier alpha value is -0.250. The van der Waals surface area contributed by atoms with E-state index in [4.69, 9.17) is 22.3 Å². The quantitative estimate of drug-likeness (QED) is 0.420. The van der Waals surface area contributed by atoms with Gasteiger partial charge in [-0.05, 0) is 12.2 Å². The summed E-state index contributed by atoms with van der Waals surface area (Å²) in [7, 11) is 1.37. The molecule has 0 aliphatic rings. The number of alkyl halides is 1. The average molecular weight is 227 g/mol. The highest BCUT2D eigenvalue weighted by molar-refractivity contribution is 8.17. The van der Waals surface area contributed by atoms with E-state index in [2.05, 4.69) is 6.58 Å². The topological polar surface area (TPSA) is 34.1 Å². The van der Waals surface area contributed by atoms with Crippen molar-refractivity contribution in [3.8, 4) is 0 Å². The Bertz CT molecular complexity index is 301. The first-order chi connectivity index (χ1) is 5.52. The van der Waals surface area contributed by atoms with Crippen molar-refractivity contribution in [3.05, 3.63) is 35.8 Å². The van der Waals surface area contributed by atoms with Crippen molar-refractivity contribution < 1.29 is 8.42 Å². The van der Waals surface area contributed by atoms with Crippen molar-refractivity contribution >= 4 is 31.3 Å². The smallest absolute Gasteiger partial charge is 0.207 e. The number of rotatable bonds is 4. The van der Waals surface area contributed by atoms with Crippen LogP contribution in [0.2, 0.25) is 0 Å². The number of hydrogen-bond acceptors (Lipinski definition) is 2. The Balaban J connectivity index is 4.69. The van der Waals surface area contributed by atoms with E-state index in [1.165, 1.54) is 18.2 Å². The summed E-state index contributed by atoms with van der Waals surface area (Å²) in [6, 6.07) is 0. The minimum absolute atomic E-state index is 0.0365. The Kier molecular flexibility index (Phi) is 5.29. The monoisotopic (exact) mass is 226 g/mol. The highest BCUT2D eigenvalue weighted by Crippen LogP contribution is 2.12. The average Bonchev–Trinajstić information content (AvgIpc) is 1.95. The molecule has 0 rings (SSSR count). The molecule has 5 heteroatoms. The Morgan fingerprint density at radius 3 is 2.42 bits per heavy atom. The van der Waals surface area contributed by atoms with Crippen molar-refractivity contribution in [3.63, 3.8) is 0 Å². The summed E-state index contributed by atoms with van der Waals surface area (Å²) >= 11 is 5.32. The van der Waals surface area contributed by atoms with Crippen LogP contribution in [0.1, 0.15) is 0 Å². The molecule has 0 saturated carbocycles. The maximum Gasteiger partial charge on any atom is 0.261 e. The predicted molar refractivity (Wildman–Crippen MR) is 52.9 cm³/mol. The van der Waals surface area contributed by atoms with Gasteiger partial charge >= 0.3 is 0 Å². The first-order valence-corrected chi connectivity index (χ1v) is 5.86. The van der Waals surface area contributed by atoms with Gasteiger partial charge in [-0.3, -0.25) is 0 Å². The fraction of sp³-hybridized carbons (Fsp3) is 0.143. The zero-order valence-electron chi connectivity index (χ0n) is 6.20. The van der Waals surface area contributed by atoms with E-state index in [1.54, 1.807) is 6.08 Å². The first kappa shape index (κ1) is 11.8. The molecule has 0 aromatic rings. The Labute approximate surface area is 81.6 Å². The molecule has 0 saturated heterocycles. The lowest BCUT2D eigenvalue weighted by molar-refractivity contribution is 0.615. The van der Waals surface area contributed by atoms with E-state index in [-0.39, 0.29) is 4.91 Å². The maximum atomic E-state index is 10.7. The molecular weight excluding hydrogens is 219 g/mol. The molecular formula is C7H8Cl2O2S. The molecule has 0 atom stereocenters. The van der Waals surface area contributed by atoms with Crippen molar-refractivity contribution in [1.82, 2.24) is 0 Å². The van der Waals surface area contributed by atoms with Gasteiger partial charge in [0.2, 0.25) is 0 Å². The second-order valence-corrected chi connectivity index (χ2v) is 4.67. The van der Waals surface area contributed by atoms with Crippen LogP contribution in [0.4, 0.5) is 0 Å². The summed E-state index contributed by atoms with van der Waals surface area (Å²) in [4.78, 5) is -0.0365. The van der Waals surface area contributed by atoms with Gasteiger partial charge in [0, 0.05) is 16.6 Å². The number of halogens is 2. The molecule has 0 spiro atoms. The summed E-state index contributed by atoms with van der Waals surface area (Å²) in [5.41, 5.74) is 0. The maximum absolute atomic E-state index is 10.7. The van der Waals surface area contributed by atoms with Crippen LogP contribution in [0.15, 0.2) is 35.8 Å². The predicted octanol–water partition coefficient (Wildman–Crippen LogP) is 2.42. The lowest BCUT2D eigenvalue weighted by Gasteiger charge is -1.91. The molecule has 0 radical (unpaired) electrons. The van der Waals surface area contributed by atoms with Crippen LogP contribution in [0.25, 0.3) is 0 Å². The highest BCUT2D eigenvalue weighted by atomic mass is 35.7. The van der Waals surface area contributed by atoms with Gasteiger partial charge in [0.05, 0.1) is 4.91 Å². The van der Waals surface area contributed by atoms with E-state index in [1.807, 2.05) is 0 Å². The zero-order valence-corrected chi connectivity index (χ0v) is 8.53. The minimum atomic E-state index is -3.67. The lowest BCUT2D eigenvalue weighted by atomic mass is 10.4. The molecule has 0 fully saturated rings. The fourth-order valence-electron chi connectivity index (χ4n) is 0.463. The van der Waals surface area contributed by atoms with Gasteiger partial charge in [-0.1, -0.05) is 18.7 Å². The molecule has 2 nitrogen and oxygen atoms in total. The van der Waals surface area contributed by atoms with Gasteiger partial charge in [-0.15, -0.1) is 11.6 Å². The summed E-state index contributed by atoms with van der Waals surface area (Å²) in [5, 5.41) is 0. The standard InChI is InChI=1S/C7H8Cl2O2S/c1-2-7(12(9,10)11)5-3-4-6-8/h2-5H,1,6H2/b4-3-,7-5+. The molecule has 0 unspecified atom stereocenters. The van der Waals surface area contributed by atoms with E-state index in [9.17, 15) is 8.42 Å². The Morgan fingerprint density at radius 2 is 2.08 bits per heavy atom. The molecule has 0 aliphatic carbocycles. The molecule has 68 valence electrons. The highest BCUT2D eigenvalue weighted by Gasteiger charge is 2.07. The van der Waals surface area contributed by atoms with Crippen LogP contribution in [-0.2, 0) is 9.05 Å². The second-order valence-electron chi connectivity index (χ2n) is 1.79. The molecule has 0 aromatic carbocycles. The zero-order chi connectivity index (χ0) is 9.61. The Morgan fingerprint density at radius 1 is 1.50 bits per heavy atom. The normalized spacial score (nSPS) is 13.7. The largest absolute Gasteiger partial charge is 0.261 e. The molecule has 0 bridgehead atoms. The van der Waals surface area contributed by atoms with Gasteiger partial charge in [0.25, 0.3) is 9.05 Å². The lowest BCUT2D eigenvalue weighted by Crippen LogP contribution is -1.89. The molecule has 0 heterocycles. The van der Waals surface area contributed by atoms with Crippen LogP contribution in [-0.4, -0.2) is 14.3 Å². The molecule has 0 aliphatic heterocycles. The van der Waals surface area contributed by atoms with E-state index < -0.39 is 9.05 Å². The SMILES string of the molecule is C=C/C(=C\C=C/CCl)S(=O)(=O)Cl. The van der Waals surface area contributed by atoms with Crippen LogP contribution < -0.4 is 0 Å². The molecule has 0 amide bonds. The van der Waals surface area contributed by atoms with Gasteiger partial charge in [-0.25, -0.2) is 8.42 Å². The summed E-state index contributed by atoms with van der Waals surface area (Å²) in [5.74, 6) is 0.323. The van der Waals surface area contributed by atoms with Gasteiger partial charge in [0.15, 0.2) is 0 Å². The van der Waals surface area contributed by atoms with Crippen LogP contribution in [0, 0.1) is 0 Å². The first-order valence-electron chi connectivity index (χ1n) is 3.02. The molecule has 12 heavy (non-hydrogen) atoms. The van der Waals surface area contributed by atoms with Crippen LogP contribution in [0.3, 0.4) is 0 Å². The van der Waals surface area contributed by atoms with Gasteiger partial charge in [-0.2, -0.15) is 0 Å². The summed E-state index contributed by atoms with van der Waals surface area (Å²) in [6.45, 7) is 3.31. The van der Waals surface area contributed by atoms with Gasteiger partial charge < -0.3 is 0 Å². The third-order valence-corrected chi connectivity index (χ3v) is 2.55. The third kappa shape index (κ3) is 4.59. The van der Waals surface area contributed by atoms with Crippen LogP contribution >= 0.6 is 22.3 Å². The fourth-order valence-corrected chi connectivity index (χ4v) is 1.35. The van der Waals surface area contributed by atoms with Crippen molar-refractivity contribution in [2.24, 2.45) is 0 Å². The summed E-state index contributed by atoms with van der Waals surface area (Å²) in [6.07, 6.45) is 5.59. The van der Waals surface area contributed by atoms with Crippen molar-refractivity contribution in [2.75, 3.05) is 5.88 Å². The van der Waals surface area contributed by atoms with E-state index in [0.717, 1.165) is 0 Å². The summed E-state index contributed by atoms with van der Waals surface area (Å²) < 4.78 is 21.4. The van der Waals surface area contributed by atoms with Crippen molar-refractivity contribution in [2.45, 2.75) is 0 Å². The van der Waals surface area contributed by atoms with Gasteiger partial charge in [0.1, 0.15) is 0 Å².